The third kappa shape index (κ3) is 3.80. The Hall–Kier alpha value is -0.900. The van der Waals surface area contributed by atoms with Gasteiger partial charge in [0.05, 0.1) is 12.7 Å². The third-order valence-corrected chi connectivity index (χ3v) is 3.69. The van der Waals surface area contributed by atoms with Gasteiger partial charge in [0, 0.05) is 19.6 Å². The van der Waals surface area contributed by atoms with Gasteiger partial charge in [-0.1, -0.05) is 30.3 Å². The third-order valence-electron chi connectivity index (χ3n) is 3.69. The van der Waals surface area contributed by atoms with Gasteiger partial charge < -0.3 is 15.4 Å². The molecule has 1 aliphatic rings. The number of hydrogen-bond acceptors (Lipinski definition) is 3. The van der Waals surface area contributed by atoms with Crippen LogP contribution in [0.15, 0.2) is 30.3 Å². The largest absolute Gasteiger partial charge is 0.376 e. The van der Waals surface area contributed by atoms with Crippen molar-refractivity contribution < 1.29 is 4.74 Å². The van der Waals surface area contributed by atoms with Crippen LogP contribution in [-0.2, 0) is 4.74 Å². The molecule has 1 aliphatic heterocycles. The summed E-state index contributed by atoms with van der Waals surface area (Å²) in [6.07, 6.45) is 1.44. The van der Waals surface area contributed by atoms with Crippen LogP contribution in [0.1, 0.15) is 24.8 Å². The molecular formula is C15H24N2O. The van der Waals surface area contributed by atoms with Crippen LogP contribution in [0.5, 0.6) is 0 Å². The lowest BCUT2D eigenvalue weighted by Gasteiger charge is -2.18. The molecule has 1 aromatic carbocycles. The second-order valence-corrected chi connectivity index (χ2v) is 5.11. The molecule has 0 aromatic heterocycles. The first-order valence-corrected chi connectivity index (χ1v) is 6.88. The van der Waals surface area contributed by atoms with Crippen LogP contribution < -0.4 is 5.73 Å². The smallest absolute Gasteiger partial charge is 0.0669 e. The number of hydrogen-bond donors (Lipinski definition) is 1. The van der Waals surface area contributed by atoms with E-state index in [4.69, 9.17) is 10.5 Å². The van der Waals surface area contributed by atoms with E-state index in [-0.39, 0.29) is 6.10 Å². The van der Waals surface area contributed by atoms with Gasteiger partial charge in [0.15, 0.2) is 0 Å². The molecule has 1 heterocycles. The molecular weight excluding hydrogens is 224 g/mol. The zero-order chi connectivity index (χ0) is 12.8. The highest BCUT2D eigenvalue weighted by molar-refractivity contribution is 5.20. The van der Waals surface area contributed by atoms with E-state index in [0.717, 1.165) is 19.7 Å². The number of benzene rings is 1. The van der Waals surface area contributed by atoms with E-state index in [1.165, 1.54) is 18.5 Å². The Kier molecular flexibility index (Phi) is 5.17. The molecule has 2 unspecified atom stereocenters. The fourth-order valence-electron chi connectivity index (χ4n) is 2.48. The van der Waals surface area contributed by atoms with Crippen molar-refractivity contribution in [3.63, 3.8) is 0 Å². The fourth-order valence-corrected chi connectivity index (χ4v) is 2.48. The van der Waals surface area contributed by atoms with Crippen LogP contribution in [0.3, 0.4) is 0 Å². The topological polar surface area (TPSA) is 38.5 Å². The zero-order valence-corrected chi connectivity index (χ0v) is 11.2. The van der Waals surface area contributed by atoms with Gasteiger partial charge in [-0.25, -0.2) is 0 Å². The van der Waals surface area contributed by atoms with Crippen molar-refractivity contribution in [3.8, 4) is 0 Å². The van der Waals surface area contributed by atoms with Gasteiger partial charge in [-0.2, -0.15) is 0 Å². The van der Waals surface area contributed by atoms with E-state index in [1.807, 2.05) is 6.92 Å². The molecule has 1 aromatic rings. The van der Waals surface area contributed by atoms with Gasteiger partial charge in [0.2, 0.25) is 0 Å². The Morgan fingerprint density at radius 2 is 2.17 bits per heavy atom. The summed E-state index contributed by atoms with van der Waals surface area (Å²) in [6, 6.07) is 10.8. The van der Waals surface area contributed by atoms with Crippen molar-refractivity contribution in [3.05, 3.63) is 35.9 Å². The van der Waals surface area contributed by atoms with Crippen molar-refractivity contribution in [1.82, 2.24) is 4.90 Å². The summed E-state index contributed by atoms with van der Waals surface area (Å²) < 4.78 is 5.63. The number of ether oxygens (including phenoxy) is 1. The molecule has 0 amide bonds. The minimum Gasteiger partial charge on any atom is -0.376 e. The Bertz CT molecular complexity index is 342. The minimum atomic E-state index is 0.178. The van der Waals surface area contributed by atoms with Crippen molar-refractivity contribution in [1.29, 1.82) is 0 Å². The summed E-state index contributed by atoms with van der Waals surface area (Å²) in [6.45, 7) is 6.78. The first-order valence-electron chi connectivity index (χ1n) is 6.88. The van der Waals surface area contributed by atoms with Gasteiger partial charge in [0.1, 0.15) is 0 Å². The van der Waals surface area contributed by atoms with Gasteiger partial charge in [-0.3, -0.25) is 0 Å². The molecule has 0 aliphatic carbocycles. The van der Waals surface area contributed by atoms with Gasteiger partial charge in [-0.05, 0) is 31.4 Å². The number of nitrogens with zero attached hydrogens (tertiary/aromatic N) is 1. The molecule has 1 saturated heterocycles. The molecule has 3 heteroatoms. The van der Waals surface area contributed by atoms with Crippen LogP contribution in [-0.4, -0.2) is 43.8 Å². The molecule has 18 heavy (non-hydrogen) atoms. The quantitative estimate of drug-likeness (QED) is 0.835. The van der Waals surface area contributed by atoms with Crippen molar-refractivity contribution >= 4 is 0 Å². The van der Waals surface area contributed by atoms with E-state index in [9.17, 15) is 0 Å². The maximum absolute atomic E-state index is 5.63. The van der Waals surface area contributed by atoms with Crippen LogP contribution in [0.4, 0.5) is 0 Å². The lowest BCUT2D eigenvalue weighted by atomic mass is 9.99. The van der Waals surface area contributed by atoms with Crippen LogP contribution in [0, 0.1) is 0 Å². The highest BCUT2D eigenvalue weighted by Crippen LogP contribution is 2.26. The van der Waals surface area contributed by atoms with E-state index < -0.39 is 0 Å². The highest BCUT2D eigenvalue weighted by atomic mass is 16.5. The highest BCUT2D eigenvalue weighted by Gasteiger charge is 2.23. The van der Waals surface area contributed by atoms with Crippen molar-refractivity contribution in [2.24, 2.45) is 5.73 Å². The molecule has 0 bridgehead atoms. The first-order chi connectivity index (χ1) is 8.79. The van der Waals surface area contributed by atoms with E-state index in [1.54, 1.807) is 0 Å². The summed E-state index contributed by atoms with van der Waals surface area (Å²) in [5.74, 6) is 0.693. The monoisotopic (exact) mass is 248 g/mol. The summed E-state index contributed by atoms with van der Waals surface area (Å²) in [7, 11) is 0. The maximum Gasteiger partial charge on any atom is 0.0669 e. The Morgan fingerprint density at radius 3 is 2.89 bits per heavy atom. The molecule has 2 atom stereocenters. The first kappa shape index (κ1) is 13.5. The van der Waals surface area contributed by atoms with Crippen LogP contribution in [0.2, 0.25) is 0 Å². The average molecular weight is 248 g/mol. The lowest BCUT2D eigenvalue weighted by Crippen LogP contribution is -2.28. The second kappa shape index (κ2) is 6.88. The molecule has 1 fully saturated rings. The Morgan fingerprint density at radius 1 is 1.39 bits per heavy atom. The SMILES string of the molecule is CC(CN)OCCN1CCC(c2ccccc2)C1. The van der Waals surface area contributed by atoms with E-state index in [0.29, 0.717) is 12.5 Å². The van der Waals surface area contributed by atoms with Crippen LogP contribution in [0.25, 0.3) is 0 Å². The Labute approximate surface area is 110 Å². The molecule has 0 radical (unpaired) electrons. The Balaban J connectivity index is 1.72. The molecule has 2 rings (SSSR count). The summed E-state index contributed by atoms with van der Waals surface area (Å²) >= 11 is 0. The summed E-state index contributed by atoms with van der Waals surface area (Å²) in [5.41, 5.74) is 6.99. The predicted molar refractivity (Wildman–Crippen MR) is 74.7 cm³/mol. The number of nitrogens with two attached hydrogens (primary N) is 1. The van der Waals surface area contributed by atoms with E-state index in [2.05, 4.69) is 35.2 Å². The zero-order valence-electron chi connectivity index (χ0n) is 11.2. The lowest BCUT2D eigenvalue weighted by molar-refractivity contribution is 0.0573. The maximum atomic E-state index is 5.63. The second-order valence-electron chi connectivity index (χ2n) is 5.11. The van der Waals surface area contributed by atoms with Gasteiger partial charge in [-0.15, -0.1) is 0 Å². The standard InChI is InChI=1S/C15H24N2O/c1-13(11-16)18-10-9-17-8-7-15(12-17)14-5-3-2-4-6-14/h2-6,13,15H,7-12,16H2,1H3. The van der Waals surface area contributed by atoms with Crippen molar-refractivity contribution in [2.75, 3.05) is 32.8 Å². The molecule has 2 N–H and O–H groups in total. The summed E-state index contributed by atoms with van der Waals surface area (Å²) in [5, 5.41) is 0. The van der Waals surface area contributed by atoms with Crippen molar-refractivity contribution in [2.45, 2.75) is 25.4 Å². The van der Waals surface area contributed by atoms with Gasteiger partial charge >= 0.3 is 0 Å². The van der Waals surface area contributed by atoms with Crippen LogP contribution >= 0.6 is 0 Å². The molecule has 0 spiro atoms. The average Bonchev–Trinajstić information content (AvgIpc) is 2.88. The fraction of sp³-hybridized carbons (Fsp3) is 0.600. The molecule has 100 valence electrons. The number of rotatable bonds is 6. The normalized spacial score (nSPS) is 22.2. The molecule has 3 nitrogen and oxygen atoms in total. The minimum absolute atomic E-state index is 0.178. The summed E-state index contributed by atoms with van der Waals surface area (Å²) in [4.78, 5) is 2.49. The predicted octanol–water partition coefficient (Wildman–Crippen LogP) is 1.84. The number of likely N-dealkylation sites (tertiary alicyclic amines) is 1. The van der Waals surface area contributed by atoms with Gasteiger partial charge in [0.25, 0.3) is 0 Å². The van der Waals surface area contributed by atoms with E-state index >= 15 is 0 Å². The molecule has 0 saturated carbocycles.